The topological polar surface area (TPSA) is 29.1 Å². The van der Waals surface area contributed by atoms with Crippen molar-refractivity contribution in [1.82, 2.24) is 5.32 Å². The fourth-order valence-corrected chi connectivity index (χ4v) is 5.24. The van der Waals surface area contributed by atoms with Gasteiger partial charge in [0.05, 0.1) is 0 Å². The Labute approximate surface area is 109 Å². The van der Waals surface area contributed by atoms with Gasteiger partial charge in [0, 0.05) is 18.9 Å². The summed E-state index contributed by atoms with van der Waals surface area (Å²) in [5, 5.41) is 3.72. The lowest BCUT2D eigenvalue weighted by atomic mass is 9.61. The molecule has 1 heterocycles. The van der Waals surface area contributed by atoms with Gasteiger partial charge in [-0.25, -0.2) is 0 Å². The van der Waals surface area contributed by atoms with Crippen LogP contribution < -0.4 is 5.32 Å². The standard InChI is InChI=1S/C16H23NO/c18-11-5-7-14-13-6-4-10-2-1-3-12(10)15(13)9-17-16(14)8-11/h4,12-17H,1-3,5-9H2. The molecule has 2 heteroatoms. The number of carbonyl (C=O) groups excluding carboxylic acids is 1. The molecule has 2 saturated carbocycles. The van der Waals surface area contributed by atoms with Gasteiger partial charge in [0.15, 0.2) is 0 Å². The number of nitrogens with one attached hydrogen (secondary N) is 1. The number of carbonyl (C=O) groups is 1. The van der Waals surface area contributed by atoms with Gasteiger partial charge in [-0.05, 0) is 62.3 Å². The Balaban J connectivity index is 1.59. The monoisotopic (exact) mass is 245 g/mol. The number of hydrogen-bond donors (Lipinski definition) is 1. The van der Waals surface area contributed by atoms with E-state index in [1.807, 2.05) is 0 Å². The third-order valence-electron chi connectivity index (χ3n) is 6.06. The van der Waals surface area contributed by atoms with Crippen molar-refractivity contribution in [2.45, 2.75) is 51.0 Å². The van der Waals surface area contributed by atoms with Crippen LogP contribution in [0.2, 0.25) is 0 Å². The minimum Gasteiger partial charge on any atom is -0.313 e. The van der Waals surface area contributed by atoms with Crippen LogP contribution in [0.5, 0.6) is 0 Å². The molecular formula is C16H23NO. The molecule has 0 aromatic heterocycles. The molecule has 0 radical (unpaired) electrons. The van der Waals surface area contributed by atoms with Gasteiger partial charge in [-0.1, -0.05) is 11.6 Å². The zero-order valence-electron chi connectivity index (χ0n) is 11.0. The molecule has 18 heavy (non-hydrogen) atoms. The molecule has 1 saturated heterocycles. The number of ketones is 1. The van der Waals surface area contributed by atoms with E-state index in [-0.39, 0.29) is 0 Å². The summed E-state index contributed by atoms with van der Waals surface area (Å²) in [6.45, 7) is 1.17. The van der Waals surface area contributed by atoms with Gasteiger partial charge < -0.3 is 5.32 Å². The molecule has 0 spiro atoms. The molecule has 0 bridgehead atoms. The summed E-state index contributed by atoms with van der Waals surface area (Å²) in [5.74, 6) is 3.89. The molecule has 98 valence electrons. The lowest BCUT2D eigenvalue weighted by molar-refractivity contribution is -0.123. The molecule has 2 nitrogen and oxygen atoms in total. The van der Waals surface area contributed by atoms with Crippen LogP contribution in [-0.2, 0) is 4.79 Å². The Morgan fingerprint density at radius 2 is 2.06 bits per heavy atom. The second-order valence-corrected chi connectivity index (χ2v) is 6.80. The zero-order chi connectivity index (χ0) is 12.1. The number of Topliss-reactive ketones (excluding diaryl/α,β-unsaturated/α-hetero) is 1. The van der Waals surface area contributed by atoms with Crippen molar-refractivity contribution in [1.29, 1.82) is 0 Å². The predicted molar refractivity (Wildman–Crippen MR) is 71.2 cm³/mol. The van der Waals surface area contributed by atoms with Crippen LogP contribution in [0.25, 0.3) is 0 Å². The third-order valence-corrected chi connectivity index (χ3v) is 6.06. The van der Waals surface area contributed by atoms with Crippen molar-refractivity contribution in [3.8, 4) is 0 Å². The van der Waals surface area contributed by atoms with E-state index in [9.17, 15) is 4.79 Å². The van der Waals surface area contributed by atoms with Gasteiger partial charge >= 0.3 is 0 Å². The highest BCUT2D eigenvalue weighted by atomic mass is 16.1. The Morgan fingerprint density at radius 3 is 3.00 bits per heavy atom. The summed E-state index contributed by atoms with van der Waals surface area (Å²) in [6, 6.07) is 0.504. The SMILES string of the molecule is O=C1CCC2C(C1)NCC1C3CCCC3=CCC21. The molecule has 0 aromatic rings. The van der Waals surface area contributed by atoms with Crippen LogP contribution in [0.15, 0.2) is 11.6 Å². The predicted octanol–water partition coefficient (Wildman–Crippen LogP) is 2.69. The number of rotatable bonds is 0. The van der Waals surface area contributed by atoms with Crippen LogP contribution in [0.3, 0.4) is 0 Å². The lowest BCUT2D eigenvalue weighted by Gasteiger charge is -2.49. The van der Waals surface area contributed by atoms with E-state index in [1.165, 1.54) is 32.2 Å². The average molecular weight is 245 g/mol. The van der Waals surface area contributed by atoms with Gasteiger partial charge in [0.2, 0.25) is 0 Å². The van der Waals surface area contributed by atoms with Crippen LogP contribution in [-0.4, -0.2) is 18.4 Å². The second kappa shape index (κ2) is 4.19. The van der Waals surface area contributed by atoms with Crippen LogP contribution in [0, 0.1) is 23.7 Å². The molecule has 1 N–H and O–H groups in total. The zero-order valence-corrected chi connectivity index (χ0v) is 11.0. The molecular weight excluding hydrogens is 222 g/mol. The fraction of sp³-hybridized carbons (Fsp3) is 0.812. The van der Waals surface area contributed by atoms with Crippen molar-refractivity contribution in [3.63, 3.8) is 0 Å². The van der Waals surface area contributed by atoms with E-state index in [0.29, 0.717) is 11.8 Å². The number of hydrogen-bond acceptors (Lipinski definition) is 2. The highest BCUT2D eigenvalue weighted by Gasteiger charge is 2.46. The lowest BCUT2D eigenvalue weighted by Crippen LogP contribution is -2.55. The van der Waals surface area contributed by atoms with E-state index in [2.05, 4.69) is 11.4 Å². The van der Waals surface area contributed by atoms with E-state index < -0.39 is 0 Å². The molecule has 4 aliphatic rings. The summed E-state index contributed by atoms with van der Waals surface area (Å²) in [7, 11) is 0. The van der Waals surface area contributed by atoms with Crippen molar-refractivity contribution < 1.29 is 4.79 Å². The summed E-state index contributed by atoms with van der Waals surface area (Å²) in [6.07, 6.45) is 10.8. The quantitative estimate of drug-likeness (QED) is 0.665. The Bertz CT molecular complexity index is 400. The Morgan fingerprint density at radius 1 is 1.11 bits per heavy atom. The van der Waals surface area contributed by atoms with E-state index in [0.717, 1.165) is 42.9 Å². The minimum absolute atomic E-state index is 0.482. The van der Waals surface area contributed by atoms with E-state index in [1.54, 1.807) is 5.57 Å². The summed E-state index contributed by atoms with van der Waals surface area (Å²) in [4.78, 5) is 11.6. The second-order valence-electron chi connectivity index (χ2n) is 6.80. The Hall–Kier alpha value is -0.630. The Kier molecular flexibility index (Phi) is 2.61. The molecule has 0 amide bonds. The van der Waals surface area contributed by atoms with Gasteiger partial charge in [-0.15, -0.1) is 0 Å². The van der Waals surface area contributed by atoms with E-state index >= 15 is 0 Å². The first-order valence-corrected chi connectivity index (χ1v) is 7.77. The maximum atomic E-state index is 11.6. The summed E-state index contributed by atoms with van der Waals surface area (Å²) >= 11 is 0. The van der Waals surface area contributed by atoms with Crippen molar-refractivity contribution in [2.75, 3.05) is 6.54 Å². The van der Waals surface area contributed by atoms with Gasteiger partial charge in [0.1, 0.15) is 5.78 Å². The summed E-state index contributed by atoms with van der Waals surface area (Å²) in [5.41, 5.74) is 1.77. The molecule has 5 atom stereocenters. The first-order chi connectivity index (χ1) is 8.83. The fourth-order valence-electron chi connectivity index (χ4n) is 5.24. The van der Waals surface area contributed by atoms with Crippen LogP contribution in [0.1, 0.15) is 44.9 Å². The van der Waals surface area contributed by atoms with E-state index in [4.69, 9.17) is 0 Å². The summed E-state index contributed by atoms with van der Waals surface area (Å²) < 4.78 is 0. The molecule has 0 aromatic carbocycles. The maximum absolute atomic E-state index is 11.6. The minimum atomic E-state index is 0.482. The molecule has 1 aliphatic heterocycles. The van der Waals surface area contributed by atoms with Crippen LogP contribution >= 0.6 is 0 Å². The first kappa shape index (κ1) is 11.2. The molecule has 3 aliphatic carbocycles. The maximum Gasteiger partial charge on any atom is 0.134 e. The average Bonchev–Trinajstić information content (AvgIpc) is 2.86. The van der Waals surface area contributed by atoms with Gasteiger partial charge in [-0.2, -0.15) is 0 Å². The molecule has 5 unspecified atom stereocenters. The van der Waals surface area contributed by atoms with Crippen molar-refractivity contribution >= 4 is 5.78 Å². The van der Waals surface area contributed by atoms with Crippen molar-refractivity contribution in [3.05, 3.63) is 11.6 Å². The van der Waals surface area contributed by atoms with Gasteiger partial charge in [0.25, 0.3) is 0 Å². The van der Waals surface area contributed by atoms with Crippen molar-refractivity contribution in [2.24, 2.45) is 23.7 Å². The normalized spacial score (nSPS) is 47.0. The molecule has 4 rings (SSSR count). The third kappa shape index (κ3) is 1.61. The smallest absolute Gasteiger partial charge is 0.134 e. The highest BCUT2D eigenvalue weighted by Crippen LogP contribution is 2.50. The number of allylic oxidation sites excluding steroid dienone is 2. The largest absolute Gasteiger partial charge is 0.313 e. The van der Waals surface area contributed by atoms with Crippen LogP contribution in [0.4, 0.5) is 0 Å². The number of fused-ring (bicyclic) bond motifs is 5. The van der Waals surface area contributed by atoms with Gasteiger partial charge in [-0.3, -0.25) is 4.79 Å². The molecule has 3 fully saturated rings. The number of piperidine rings is 1. The first-order valence-electron chi connectivity index (χ1n) is 7.77. The highest BCUT2D eigenvalue weighted by molar-refractivity contribution is 5.80.